The molecule has 0 nitrogen and oxygen atoms in total. The van der Waals surface area contributed by atoms with Crippen LogP contribution < -0.4 is 0 Å². The number of hydrogen-bond donors (Lipinski definition) is 0. The quantitative estimate of drug-likeness (QED) is 0.640. The largest absolute Gasteiger partial charge is 0.0998 e. The first kappa shape index (κ1) is 12.3. The third-order valence-corrected chi connectivity index (χ3v) is 2.02. The van der Waals surface area contributed by atoms with Gasteiger partial charge in [0.1, 0.15) is 0 Å². The second kappa shape index (κ2) is 7.47. The highest BCUT2D eigenvalue weighted by Gasteiger charge is 1.88. The minimum atomic E-state index is 1.00. The highest BCUT2D eigenvalue weighted by atomic mass is 13.9. The average molecular weight is 210 g/mol. The summed E-state index contributed by atoms with van der Waals surface area (Å²) in [7, 11) is 0. The molecule has 0 aromatic heterocycles. The van der Waals surface area contributed by atoms with Crippen LogP contribution in [0.3, 0.4) is 0 Å². The Morgan fingerprint density at radius 3 is 1.56 bits per heavy atom. The van der Waals surface area contributed by atoms with E-state index in [1.54, 1.807) is 0 Å². The highest BCUT2D eigenvalue weighted by molar-refractivity contribution is 5.19. The van der Waals surface area contributed by atoms with Crippen LogP contribution in [0.2, 0.25) is 0 Å². The molecule has 0 fully saturated rings. The summed E-state index contributed by atoms with van der Waals surface area (Å²) < 4.78 is 0. The van der Waals surface area contributed by atoms with Crippen LogP contribution in [0.1, 0.15) is 12.5 Å². The summed E-state index contributed by atoms with van der Waals surface area (Å²) in [6.07, 6.45) is 1.00. The molecule has 0 heterocycles. The Balaban J connectivity index is 0.000000181. The van der Waals surface area contributed by atoms with Gasteiger partial charge in [0.25, 0.3) is 0 Å². The predicted molar refractivity (Wildman–Crippen MR) is 71.4 cm³/mol. The Labute approximate surface area is 98.3 Å². The SMILES string of the molecule is C=C(C)Cc1ccccc1.c1ccccc1. The Hall–Kier alpha value is -1.82. The Morgan fingerprint density at radius 2 is 1.19 bits per heavy atom. The van der Waals surface area contributed by atoms with Gasteiger partial charge in [-0.2, -0.15) is 0 Å². The van der Waals surface area contributed by atoms with E-state index >= 15 is 0 Å². The van der Waals surface area contributed by atoms with Gasteiger partial charge in [-0.1, -0.05) is 78.9 Å². The van der Waals surface area contributed by atoms with Crippen LogP contribution in [-0.4, -0.2) is 0 Å². The Bertz CT molecular complexity index is 360. The van der Waals surface area contributed by atoms with Crippen LogP contribution in [-0.2, 0) is 6.42 Å². The maximum Gasteiger partial charge on any atom is -0.00726 e. The van der Waals surface area contributed by atoms with Gasteiger partial charge in [0.15, 0.2) is 0 Å². The number of benzene rings is 2. The number of hydrogen-bond acceptors (Lipinski definition) is 0. The first-order chi connectivity index (χ1) is 7.79. The number of allylic oxidation sites excluding steroid dienone is 1. The second-order valence-corrected chi connectivity index (χ2v) is 3.77. The van der Waals surface area contributed by atoms with E-state index in [-0.39, 0.29) is 0 Å². The molecule has 0 N–H and O–H groups in total. The summed E-state index contributed by atoms with van der Waals surface area (Å²) >= 11 is 0. The maximum atomic E-state index is 3.85. The minimum absolute atomic E-state index is 1.00. The van der Waals surface area contributed by atoms with Crippen molar-refractivity contribution >= 4 is 0 Å². The van der Waals surface area contributed by atoms with E-state index in [2.05, 4.69) is 30.8 Å². The van der Waals surface area contributed by atoms with Crippen LogP contribution in [0.15, 0.2) is 78.9 Å². The lowest BCUT2D eigenvalue weighted by molar-refractivity contribution is 1.15. The fourth-order valence-electron chi connectivity index (χ4n) is 1.33. The molecule has 82 valence electrons. The van der Waals surface area contributed by atoms with Crippen LogP contribution >= 0.6 is 0 Å². The molecular weight excluding hydrogens is 192 g/mol. The van der Waals surface area contributed by atoms with Gasteiger partial charge in [-0.25, -0.2) is 0 Å². The topological polar surface area (TPSA) is 0 Å². The average Bonchev–Trinajstić information content (AvgIpc) is 2.32. The summed E-state index contributed by atoms with van der Waals surface area (Å²) in [6, 6.07) is 22.4. The molecule has 0 unspecified atom stereocenters. The smallest absolute Gasteiger partial charge is 0.00726 e. The van der Waals surface area contributed by atoms with Crippen molar-refractivity contribution in [1.29, 1.82) is 0 Å². The van der Waals surface area contributed by atoms with Gasteiger partial charge >= 0.3 is 0 Å². The van der Waals surface area contributed by atoms with Gasteiger partial charge in [-0.15, -0.1) is 0 Å². The van der Waals surface area contributed by atoms with Crippen molar-refractivity contribution in [2.24, 2.45) is 0 Å². The molecule has 0 heteroatoms. The normalized spacial score (nSPS) is 8.81. The molecule has 0 aliphatic carbocycles. The van der Waals surface area contributed by atoms with Crippen molar-refractivity contribution < 1.29 is 0 Å². The fraction of sp³-hybridized carbons (Fsp3) is 0.125. The Morgan fingerprint density at radius 1 is 0.812 bits per heavy atom. The van der Waals surface area contributed by atoms with Gasteiger partial charge in [0, 0.05) is 0 Å². The van der Waals surface area contributed by atoms with Crippen LogP contribution in [0, 0.1) is 0 Å². The van der Waals surface area contributed by atoms with E-state index in [0.29, 0.717) is 0 Å². The lowest BCUT2D eigenvalue weighted by atomic mass is 10.1. The third-order valence-electron chi connectivity index (χ3n) is 2.02. The number of rotatable bonds is 2. The molecule has 2 aromatic rings. The third kappa shape index (κ3) is 5.82. The zero-order chi connectivity index (χ0) is 11.6. The summed E-state index contributed by atoms with van der Waals surface area (Å²) in [5.41, 5.74) is 2.56. The molecule has 2 aromatic carbocycles. The molecule has 0 bridgehead atoms. The van der Waals surface area contributed by atoms with Gasteiger partial charge < -0.3 is 0 Å². The summed E-state index contributed by atoms with van der Waals surface area (Å²) in [4.78, 5) is 0. The molecule has 0 spiro atoms. The summed E-state index contributed by atoms with van der Waals surface area (Å²) in [5, 5.41) is 0. The van der Waals surface area contributed by atoms with Crippen LogP contribution in [0.5, 0.6) is 0 Å². The van der Waals surface area contributed by atoms with Crippen molar-refractivity contribution in [1.82, 2.24) is 0 Å². The molecule has 0 aliphatic rings. The van der Waals surface area contributed by atoms with Gasteiger partial charge in [-0.3, -0.25) is 0 Å². The molecule has 0 saturated heterocycles. The molecule has 0 amide bonds. The van der Waals surface area contributed by atoms with Crippen molar-refractivity contribution in [3.63, 3.8) is 0 Å². The predicted octanol–water partition coefficient (Wildman–Crippen LogP) is 4.49. The van der Waals surface area contributed by atoms with E-state index in [4.69, 9.17) is 0 Å². The lowest BCUT2D eigenvalue weighted by Crippen LogP contribution is -1.82. The van der Waals surface area contributed by atoms with E-state index in [1.807, 2.05) is 49.4 Å². The lowest BCUT2D eigenvalue weighted by Gasteiger charge is -1.97. The summed E-state index contributed by atoms with van der Waals surface area (Å²) in [6.45, 7) is 5.90. The molecular formula is C16H18. The first-order valence-corrected chi connectivity index (χ1v) is 5.47. The maximum absolute atomic E-state index is 3.85. The molecule has 0 aliphatic heterocycles. The van der Waals surface area contributed by atoms with Crippen molar-refractivity contribution in [2.45, 2.75) is 13.3 Å². The molecule has 0 saturated carbocycles. The van der Waals surface area contributed by atoms with E-state index < -0.39 is 0 Å². The van der Waals surface area contributed by atoms with Gasteiger partial charge in [-0.05, 0) is 18.9 Å². The zero-order valence-corrected chi connectivity index (χ0v) is 9.77. The summed E-state index contributed by atoms with van der Waals surface area (Å²) in [5.74, 6) is 0. The van der Waals surface area contributed by atoms with E-state index in [1.165, 1.54) is 11.1 Å². The fourth-order valence-corrected chi connectivity index (χ4v) is 1.33. The second-order valence-electron chi connectivity index (χ2n) is 3.77. The minimum Gasteiger partial charge on any atom is -0.0998 e. The van der Waals surface area contributed by atoms with Crippen LogP contribution in [0.25, 0.3) is 0 Å². The molecule has 0 atom stereocenters. The monoisotopic (exact) mass is 210 g/mol. The zero-order valence-electron chi connectivity index (χ0n) is 9.77. The van der Waals surface area contributed by atoms with Crippen molar-refractivity contribution in [3.8, 4) is 0 Å². The van der Waals surface area contributed by atoms with E-state index in [0.717, 1.165) is 6.42 Å². The molecule has 2 rings (SSSR count). The van der Waals surface area contributed by atoms with Crippen LogP contribution in [0.4, 0.5) is 0 Å². The Kier molecular flexibility index (Phi) is 5.72. The van der Waals surface area contributed by atoms with Crippen molar-refractivity contribution in [3.05, 3.63) is 84.4 Å². The van der Waals surface area contributed by atoms with Crippen molar-refractivity contribution in [2.75, 3.05) is 0 Å². The standard InChI is InChI=1S/C10H12.C6H6/c1-9(2)8-10-6-4-3-5-7-10;1-2-4-6-5-3-1/h3-7H,1,8H2,2H3;1-6H. The first-order valence-electron chi connectivity index (χ1n) is 5.47. The molecule has 0 radical (unpaired) electrons. The van der Waals surface area contributed by atoms with Gasteiger partial charge in [0.2, 0.25) is 0 Å². The van der Waals surface area contributed by atoms with Gasteiger partial charge in [0.05, 0.1) is 0 Å². The van der Waals surface area contributed by atoms with E-state index in [9.17, 15) is 0 Å². The molecule has 16 heavy (non-hydrogen) atoms. The highest BCUT2D eigenvalue weighted by Crippen LogP contribution is 2.04.